The van der Waals surface area contributed by atoms with E-state index in [0.717, 1.165) is 13.0 Å². The minimum absolute atomic E-state index is 0.372. The molecule has 0 radical (unpaired) electrons. The van der Waals surface area contributed by atoms with Crippen LogP contribution in [-0.2, 0) is 4.74 Å². The average Bonchev–Trinajstić information content (AvgIpc) is 2.23. The lowest BCUT2D eigenvalue weighted by Gasteiger charge is -2.31. The van der Waals surface area contributed by atoms with Crippen LogP contribution in [-0.4, -0.2) is 25.8 Å². The normalized spacial score (nSPS) is 17.4. The zero-order valence-electron chi connectivity index (χ0n) is 11.2. The van der Waals surface area contributed by atoms with Crippen LogP contribution in [0, 0.1) is 5.92 Å². The van der Waals surface area contributed by atoms with Crippen LogP contribution < -0.4 is 5.32 Å². The summed E-state index contributed by atoms with van der Waals surface area (Å²) in [5.74, 6) is 0.700. The molecule has 1 N–H and O–H groups in total. The smallest absolute Gasteiger partial charge is 0.0726 e. The first kappa shape index (κ1) is 14.9. The van der Waals surface area contributed by atoms with E-state index in [-0.39, 0.29) is 0 Å². The van der Waals surface area contributed by atoms with Gasteiger partial charge in [-0.05, 0) is 25.3 Å². The number of likely N-dealkylation sites (N-methyl/N-ethyl adjacent to an activating group) is 1. The molecule has 0 fully saturated rings. The monoisotopic (exact) mass is 215 g/mol. The topological polar surface area (TPSA) is 21.3 Å². The van der Waals surface area contributed by atoms with Gasteiger partial charge in [0.05, 0.1) is 6.10 Å². The highest BCUT2D eigenvalue weighted by Gasteiger charge is 2.24. The summed E-state index contributed by atoms with van der Waals surface area (Å²) in [5, 5.41) is 3.58. The van der Waals surface area contributed by atoms with Gasteiger partial charge in [0.25, 0.3) is 0 Å². The minimum Gasteiger partial charge on any atom is -0.380 e. The van der Waals surface area contributed by atoms with Gasteiger partial charge < -0.3 is 10.1 Å². The molecule has 0 aliphatic rings. The molecular weight excluding hydrogens is 186 g/mol. The molecule has 92 valence electrons. The SMILES string of the molecule is CCCC(C)C(NCC)C(CCC)OC. The Morgan fingerprint density at radius 1 is 1.07 bits per heavy atom. The third kappa shape index (κ3) is 5.53. The van der Waals surface area contributed by atoms with Gasteiger partial charge in [0, 0.05) is 13.2 Å². The van der Waals surface area contributed by atoms with Crippen molar-refractivity contribution in [1.29, 1.82) is 0 Å². The third-order valence-corrected chi connectivity index (χ3v) is 3.07. The van der Waals surface area contributed by atoms with Crippen molar-refractivity contribution < 1.29 is 4.74 Å². The van der Waals surface area contributed by atoms with E-state index in [2.05, 4.69) is 33.0 Å². The Kier molecular flexibility index (Phi) is 9.12. The molecule has 0 aromatic carbocycles. The predicted octanol–water partition coefficient (Wildman–Crippen LogP) is 3.22. The van der Waals surface area contributed by atoms with E-state index in [9.17, 15) is 0 Å². The molecule has 2 nitrogen and oxygen atoms in total. The summed E-state index contributed by atoms with van der Waals surface area (Å²) in [6.07, 6.45) is 5.26. The molecule has 15 heavy (non-hydrogen) atoms. The van der Waals surface area contributed by atoms with Gasteiger partial charge in [0.1, 0.15) is 0 Å². The largest absolute Gasteiger partial charge is 0.380 e. The van der Waals surface area contributed by atoms with E-state index in [4.69, 9.17) is 4.74 Å². The lowest BCUT2D eigenvalue weighted by atomic mass is 9.90. The van der Waals surface area contributed by atoms with Crippen LogP contribution in [0.15, 0.2) is 0 Å². The second-order valence-corrected chi connectivity index (χ2v) is 4.41. The molecule has 0 aromatic rings. The van der Waals surface area contributed by atoms with Crippen molar-refractivity contribution in [2.45, 2.75) is 65.5 Å². The maximum atomic E-state index is 5.61. The maximum absolute atomic E-state index is 5.61. The molecule has 0 aromatic heterocycles. The van der Waals surface area contributed by atoms with Gasteiger partial charge in [-0.1, -0.05) is 40.5 Å². The quantitative estimate of drug-likeness (QED) is 0.637. The fraction of sp³-hybridized carbons (Fsp3) is 1.00. The van der Waals surface area contributed by atoms with E-state index in [1.54, 1.807) is 0 Å². The second-order valence-electron chi connectivity index (χ2n) is 4.41. The molecule has 3 unspecified atom stereocenters. The van der Waals surface area contributed by atoms with Crippen LogP contribution in [0.1, 0.15) is 53.4 Å². The number of methoxy groups -OCH3 is 1. The van der Waals surface area contributed by atoms with Crippen molar-refractivity contribution >= 4 is 0 Å². The summed E-state index contributed by atoms with van der Waals surface area (Å²) in [7, 11) is 1.84. The van der Waals surface area contributed by atoms with E-state index in [0.29, 0.717) is 18.1 Å². The zero-order valence-corrected chi connectivity index (χ0v) is 11.2. The van der Waals surface area contributed by atoms with Gasteiger partial charge >= 0.3 is 0 Å². The van der Waals surface area contributed by atoms with Crippen molar-refractivity contribution in [2.24, 2.45) is 5.92 Å². The first-order valence-electron chi connectivity index (χ1n) is 6.47. The Labute approximate surface area is 95.8 Å². The number of ether oxygens (including phenoxy) is 1. The summed E-state index contributed by atoms with van der Waals surface area (Å²) >= 11 is 0. The summed E-state index contributed by atoms with van der Waals surface area (Å²) in [4.78, 5) is 0. The van der Waals surface area contributed by atoms with Crippen molar-refractivity contribution in [3.05, 3.63) is 0 Å². The average molecular weight is 215 g/mol. The Balaban J connectivity index is 4.30. The summed E-state index contributed by atoms with van der Waals surface area (Å²) in [6.45, 7) is 10.0. The van der Waals surface area contributed by atoms with Crippen molar-refractivity contribution in [3.63, 3.8) is 0 Å². The van der Waals surface area contributed by atoms with Crippen LogP contribution >= 0.6 is 0 Å². The lowest BCUT2D eigenvalue weighted by Crippen LogP contribution is -2.45. The molecule has 0 aliphatic carbocycles. The fourth-order valence-electron chi connectivity index (χ4n) is 2.30. The number of nitrogens with one attached hydrogen (secondary N) is 1. The maximum Gasteiger partial charge on any atom is 0.0726 e. The number of hydrogen-bond donors (Lipinski definition) is 1. The molecule has 0 saturated carbocycles. The highest BCUT2D eigenvalue weighted by molar-refractivity contribution is 4.81. The first-order valence-corrected chi connectivity index (χ1v) is 6.47. The third-order valence-electron chi connectivity index (χ3n) is 3.07. The van der Waals surface area contributed by atoms with Gasteiger partial charge in [-0.3, -0.25) is 0 Å². The van der Waals surface area contributed by atoms with Crippen LogP contribution in [0.3, 0.4) is 0 Å². The van der Waals surface area contributed by atoms with Gasteiger partial charge in [-0.2, -0.15) is 0 Å². The predicted molar refractivity (Wildman–Crippen MR) is 67.2 cm³/mol. The first-order chi connectivity index (χ1) is 7.21. The Bertz CT molecular complexity index is 138. The van der Waals surface area contributed by atoms with Gasteiger partial charge in [-0.15, -0.1) is 0 Å². The molecule has 0 bridgehead atoms. The van der Waals surface area contributed by atoms with Gasteiger partial charge in [-0.25, -0.2) is 0 Å². The van der Waals surface area contributed by atoms with E-state index >= 15 is 0 Å². The van der Waals surface area contributed by atoms with E-state index in [1.807, 2.05) is 7.11 Å². The second kappa shape index (κ2) is 9.17. The van der Waals surface area contributed by atoms with Crippen LogP contribution in [0.2, 0.25) is 0 Å². The van der Waals surface area contributed by atoms with Crippen LogP contribution in [0.25, 0.3) is 0 Å². The molecule has 0 rings (SSSR count). The summed E-state index contributed by atoms with van der Waals surface area (Å²) < 4.78 is 5.61. The Morgan fingerprint density at radius 3 is 2.07 bits per heavy atom. The number of hydrogen-bond acceptors (Lipinski definition) is 2. The molecule has 0 amide bonds. The Morgan fingerprint density at radius 2 is 1.67 bits per heavy atom. The highest BCUT2D eigenvalue weighted by atomic mass is 16.5. The van der Waals surface area contributed by atoms with Crippen LogP contribution in [0.5, 0.6) is 0 Å². The van der Waals surface area contributed by atoms with Crippen molar-refractivity contribution in [2.75, 3.05) is 13.7 Å². The van der Waals surface area contributed by atoms with Crippen molar-refractivity contribution in [3.8, 4) is 0 Å². The standard InChI is InChI=1S/C13H29NO/c1-6-9-11(4)13(14-8-3)12(15-5)10-7-2/h11-14H,6-10H2,1-5H3. The van der Waals surface area contributed by atoms with Gasteiger partial charge in [0.15, 0.2) is 0 Å². The highest BCUT2D eigenvalue weighted by Crippen LogP contribution is 2.18. The molecule has 3 atom stereocenters. The molecule has 0 aliphatic heterocycles. The lowest BCUT2D eigenvalue weighted by molar-refractivity contribution is 0.0422. The van der Waals surface area contributed by atoms with Crippen LogP contribution in [0.4, 0.5) is 0 Å². The number of rotatable bonds is 9. The summed E-state index contributed by atoms with van der Waals surface area (Å²) in [6, 6.07) is 0.514. The molecule has 0 heterocycles. The fourth-order valence-corrected chi connectivity index (χ4v) is 2.30. The molecule has 0 spiro atoms. The minimum atomic E-state index is 0.372. The summed E-state index contributed by atoms with van der Waals surface area (Å²) in [5.41, 5.74) is 0. The Hall–Kier alpha value is -0.0800. The van der Waals surface area contributed by atoms with E-state index < -0.39 is 0 Å². The van der Waals surface area contributed by atoms with Gasteiger partial charge in [0.2, 0.25) is 0 Å². The molecular formula is C13H29NO. The van der Waals surface area contributed by atoms with E-state index in [1.165, 1.54) is 19.3 Å². The molecule has 2 heteroatoms. The van der Waals surface area contributed by atoms with Crippen molar-refractivity contribution in [1.82, 2.24) is 5.32 Å². The zero-order chi connectivity index (χ0) is 11.7. The molecule has 0 saturated heterocycles.